The molecule has 3 N–H and O–H groups in total. The number of carbonyl (C=O) groups excluding carboxylic acids is 3. The Kier molecular flexibility index (Phi) is 7.38. The normalized spacial score (nSPS) is 18.8. The quantitative estimate of drug-likeness (QED) is 0.551. The van der Waals surface area contributed by atoms with E-state index in [1.165, 1.54) is 29.2 Å². The van der Waals surface area contributed by atoms with Gasteiger partial charge in [-0.05, 0) is 55.5 Å². The van der Waals surface area contributed by atoms with Crippen LogP contribution in [0.5, 0.6) is 5.75 Å². The molecule has 11 heteroatoms. The highest BCUT2D eigenvalue weighted by Gasteiger charge is 2.55. The minimum absolute atomic E-state index is 0.194. The molecule has 2 aromatic rings. The molecule has 1 aliphatic heterocycles. The Bertz CT molecular complexity index is 1220. The van der Waals surface area contributed by atoms with Gasteiger partial charge in [-0.2, -0.15) is 0 Å². The second kappa shape index (κ2) is 10.5. The first-order chi connectivity index (χ1) is 17.6. The second-order valence-corrected chi connectivity index (χ2v) is 9.05. The predicted octanol–water partition coefficient (Wildman–Crippen LogP) is 2.41. The Hall–Kier alpha value is -4.07. The monoisotopic (exact) mass is 514 g/mol. The van der Waals surface area contributed by atoms with Gasteiger partial charge in [-0.15, -0.1) is 13.2 Å². The van der Waals surface area contributed by atoms with E-state index in [0.717, 1.165) is 0 Å². The van der Waals surface area contributed by atoms with Crippen molar-refractivity contribution >= 4 is 17.7 Å². The summed E-state index contributed by atoms with van der Waals surface area (Å²) in [6.45, 7) is 0.372. The van der Waals surface area contributed by atoms with E-state index >= 15 is 0 Å². The smallest absolute Gasteiger partial charge is 0.406 e. The molecule has 0 radical (unpaired) electrons. The summed E-state index contributed by atoms with van der Waals surface area (Å²) in [6, 6.07) is 7.04. The summed E-state index contributed by atoms with van der Waals surface area (Å²) < 4.78 is 41.3. The van der Waals surface area contributed by atoms with Crippen molar-refractivity contribution < 1.29 is 32.3 Å². The number of aromatic nitrogens is 1. The summed E-state index contributed by atoms with van der Waals surface area (Å²) in [6.07, 6.45) is 0.238. The number of amides is 3. The van der Waals surface area contributed by atoms with Crippen LogP contribution in [0, 0.1) is 11.8 Å². The van der Waals surface area contributed by atoms with Crippen LogP contribution >= 0.6 is 0 Å². The van der Waals surface area contributed by atoms with E-state index in [2.05, 4.69) is 26.9 Å². The molecule has 37 heavy (non-hydrogen) atoms. The van der Waals surface area contributed by atoms with Crippen molar-refractivity contribution in [1.82, 2.24) is 15.2 Å². The molecule has 2 fully saturated rings. The van der Waals surface area contributed by atoms with Crippen LogP contribution in [0.3, 0.4) is 0 Å². The molecule has 1 aromatic heterocycles. The van der Waals surface area contributed by atoms with Gasteiger partial charge in [0, 0.05) is 24.5 Å². The van der Waals surface area contributed by atoms with Gasteiger partial charge in [0.15, 0.2) is 0 Å². The first kappa shape index (κ1) is 26.0. The molecular formula is C26H25F3N4O4. The Morgan fingerprint density at radius 2 is 1.84 bits per heavy atom. The fourth-order valence-electron chi connectivity index (χ4n) is 4.50. The number of nitrogens with two attached hydrogens (primary N) is 1. The fourth-order valence-corrected chi connectivity index (χ4v) is 4.50. The van der Waals surface area contributed by atoms with Gasteiger partial charge in [-0.3, -0.25) is 19.4 Å². The second-order valence-electron chi connectivity index (χ2n) is 9.05. The number of hydrogen-bond acceptors (Lipinski definition) is 5. The van der Waals surface area contributed by atoms with Crippen molar-refractivity contribution in [3.8, 4) is 17.6 Å². The van der Waals surface area contributed by atoms with E-state index in [0.29, 0.717) is 43.4 Å². The van der Waals surface area contributed by atoms with Crippen LogP contribution < -0.4 is 15.8 Å². The number of carbonyl (C=O) groups is 3. The Morgan fingerprint density at radius 3 is 2.43 bits per heavy atom. The molecule has 1 unspecified atom stereocenters. The number of alkyl halides is 3. The molecule has 2 heterocycles. The van der Waals surface area contributed by atoms with E-state index in [-0.39, 0.29) is 18.1 Å². The molecule has 2 atom stereocenters. The zero-order chi connectivity index (χ0) is 26.6. The van der Waals surface area contributed by atoms with E-state index in [4.69, 9.17) is 5.73 Å². The average Bonchev–Trinajstić information content (AvgIpc) is 3.50. The van der Waals surface area contributed by atoms with Gasteiger partial charge in [0.2, 0.25) is 17.7 Å². The lowest BCUT2D eigenvalue weighted by Gasteiger charge is -2.29. The number of benzene rings is 1. The molecular weight excluding hydrogens is 489 g/mol. The molecule has 2 aliphatic rings. The number of rotatable bonds is 7. The van der Waals surface area contributed by atoms with Crippen LogP contribution in [0.4, 0.5) is 13.2 Å². The molecule has 4 rings (SSSR count). The predicted molar refractivity (Wildman–Crippen MR) is 126 cm³/mol. The number of halogens is 3. The van der Waals surface area contributed by atoms with Crippen molar-refractivity contribution in [3.63, 3.8) is 0 Å². The summed E-state index contributed by atoms with van der Waals surface area (Å²) in [4.78, 5) is 43.7. The van der Waals surface area contributed by atoms with Gasteiger partial charge < -0.3 is 20.7 Å². The average molecular weight is 515 g/mol. The Labute approximate surface area is 211 Å². The standard InChI is InChI=1S/C26H25F3N4O4/c27-26(28,29)37-20-7-4-18(5-8-20)25(11-12-25)24(36)33-15-1-2-21(33)23(35)32-19(16-22(30)34)6-3-17-9-13-31-14-10-17/h4-5,7-10,13-14,19,21H,1-2,11-12,15-16H2,(H2,30,34)(H,32,35)/t19?,21-/m0/s1. The van der Waals surface area contributed by atoms with E-state index in [1.54, 1.807) is 24.5 Å². The number of hydrogen-bond donors (Lipinski definition) is 2. The summed E-state index contributed by atoms with van der Waals surface area (Å²) in [5.41, 5.74) is 5.68. The van der Waals surface area contributed by atoms with Crippen molar-refractivity contribution in [2.45, 2.75) is 56.0 Å². The summed E-state index contributed by atoms with van der Waals surface area (Å²) in [5, 5.41) is 2.74. The SMILES string of the molecule is NC(=O)CC(C#Cc1ccncc1)NC(=O)[C@@H]1CCCN1C(=O)C1(c2ccc(OC(F)(F)F)cc2)CC1. The number of likely N-dealkylation sites (tertiary alicyclic amines) is 1. The van der Waals surface area contributed by atoms with Gasteiger partial charge in [0.1, 0.15) is 11.8 Å². The lowest BCUT2D eigenvalue weighted by atomic mass is 9.93. The third-order valence-corrected chi connectivity index (χ3v) is 6.41. The molecule has 194 valence electrons. The maximum atomic E-state index is 13.6. The zero-order valence-electron chi connectivity index (χ0n) is 19.8. The lowest BCUT2D eigenvalue weighted by Crippen LogP contribution is -2.51. The first-order valence-corrected chi connectivity index (χ1v) is 11.7. The maximum Gasteiger partial charge on any atom is 0.573 e. The highest BCUT2D eigenvalue weighted by Crippen LogP contribution is 2.50. The highest BCUT2D eigenvalue weighted by atomic mass is 19.4. The largest absolute Gasteiger partial charge is 0.573 e. The summed E-state index contributed by atoms with van der Waals surface area (Å²) in [5.74, 6) is 4.04. The third kappa shape index (κ3) is 6.39. The first-order valence-electron chi connectivity index (χ1n) is 11.7. The van der Waals surface area contributed by atoms with E-state index in [9.17, 15) is 27.6 Å². The van der Waals surface area contributed by atoms with E-state index < -0.39 is 35.7 Å². The summed E-state index contributed by atoms with van der Waals surface area (Å²) >= 11 is 0. The van der Waals surface area contributed by atoms with E-state index in [1.807, 2.05) is 0 Å². The molecule has 8 nitrogen and oxygen atoms in total. The van der Waals surface area contributed by atoms with Gasteiger partial charge in [-0.1, -0.05) is 24.0 Å². The minimum atomic E-state index is -4.81. The summed E-state index contributed by atoms with van der Waals surface area (Å²) in [7, 11) is 0. The van der Waals surface area contributed by atoms with Crippen molar-refractivity contribution in [2.75, 3.05) is 6.54 Å². The van der Waals surface area contributed by atoms with Crippen LogP contribution in [0.25, 0.3) is 0 Å². The van der Waals surface area contributed by atoms with Crippen molar-refractivity contribution in [2.24, 2.45) is 5.73 Å². The molecule has 1 saturated heterocycles. The minimum Gasteiger partial charge on any atom is -0.406 e. The van der Waals surface area contributed by atoms with Crippen molar-refractivity contribution in [1.29, 1.82) is 0 Å². The molecule has 0 bridgehead atoms. The number of nitrogens with one attached hydrogen (secondary N) is 1. The Morgan fingerprint density at radius 1 is 1.16 bits per heavy atom. The van der Waals surface area contributed by atoms with Crippen LogP contribution in [-0.2, 0) is 19.8 Å². The Balaban J connectivity index is 1.46. The molecule has 1 aliphatic carbocycles. The highest BCUT2D eigenvalue weighted by molar-refractivity contribution is 5.96. The van der Waals surface area contributed by atoms with Crippen molar-refractivity contribution in [3.05, 3.63) is 59.9 Å². The molecule has 0 spiro atoms. The van der Waals surface area contributed by atoms with Gasteiger partial charge in [0.25, 0.3) is 0 Å². The van der Waals surface area contributed by atoms with Gasteiger partial charge in [0.05, 0.1) is 17.9 Å². The van der Waals surface area contributed by atoms with Gasteiger partial charge >= 0.3 is 6.36 Å². The molecule has 3 amide bonds. The van der Waals surface area contributed by atoms with Gasteiger partial charge in [-0.25, -0.2) is 0 Å². The zero-order valence-corrected chi connectivity index (χ0v) is 19.8. The number of primary amides is 1. The lowest BCUT2D eigenvalue weighted by molar-refractivity contribution is -0.274. The maximum absolute atomic E-state index is 13.6. The molecule has 1 saturated carbocycles. The number of nitrogens with zero attached hydrogens (tertiary/aromatic N) is 2. The van der Waals surface area contributed by atoms with Crippen LogP contribution in [0.15, 0.2) is 48.8 Å². The number of pyridine rings is 1. The molecule has 1 aromatic carbocycles. The topological polar surface area (TPSA) is 115 Å². The van der Waals surface area contributed by atoms with Crippen LogP contribution in [0.1, 0.15) is 43.2 Å². The third-order valence-electron chi connectivity index (χ3n) is 6.41. The van der Waals surface area contributed by atoms with Crippen LogP contribution in [0.2, 0.25) is 0 Å². The fraction of sp³-hybridized carbons (Fsp3) is 0.385. The number of ether oxygens (including phenoxy) is 1. The van der Waals surface area contributed by atoms with Crippen LogP contribution in [-0.4, -0.2) is 52.6 Å².